The summed E-state index contributed by atoms with van der Waals surface area (Å²) in [6.45, 7) is 5.67. The van der Waals surface area contributed by atoms with Crippen molar-refractivity contribution < 1.29 is 9.53 Å². The topological polar surface area (TPSA) is 44.1 Å². The highest BCUT2D eigenvalue weighted by Crippen LogP contribution is 2.26. The number of nitrogens with zero attached hydrogens (tertiary/aromatic N) is 2. The highest BCUT2D eigenvalue weighted by molar-refractivity contribution is 5.75. The van der Waals surface area contributed by atoms with Crippen molar-refractivity contribution in [1.82, 2.24) is 9.55 Å². The molecular formula is C12H18N2O2. The van der Waals surface area contributed by atoms with E-state index in [0.717, 1.165) is 25.0 Å². The number of aryl methyl sites for hydroxylation is 1. The molecule has 2 heterocycles. The maximum absolute atomic E-state index is 12.0. The zero-order valence-electron chi connectivity index (χ0n) is 10.1. The van der Waals surface area contributed by atoms with Crippen molar-refractivity contribution in [2.45, 2.75) is 51.7 Å². The number of fused-ring (bicyclic) bond motifs is 1. The van der Waals surface area contributed by atoms with Gasteiger partial charge in [-0.3, -0.25) is 0 Å². The second kappa shape index (κ2) is 3.92. The van der Waals surface area contributed by atoms with Gasteiger partial charge >= 0.3 is 5.97 Å². The van der Waals surface area contributed by atoms with Crippen LogP contribution in [0, 0.1) is 0 Å². The van der Waals surface area contributed by atoms with Gasteiger partial charge in [0, 0.05) is 11.9 Å². The lowest BCUT2D eigenvalue weighted by Gasteiger charge is -2.27. The number of aromatic nitrogens is 2. The number of imidazole rings is 1. The van der Waals surface area contributed by atoms with E-state index in [-0.39, 0.29) is 12.0 Å². The first kappa shape index (κ1) is 11.2. The summed E-state index contributed by atoms with van der Waals surface area (Å²) in [6.07, 6.45) is 6.42. The number of hydrogen-bond donors (Lipinski definition) is 0. The Hall–Kier alpha value is -1.32. The van der Waals surface area contributed by atoms with Crippen LogP contribution in [0.5, 0.6) is 0 Å². The molecule has 16 heavy (non-hydrogen) atoms. The van der Waals surface area contributed by atoms with Gasteiger partial charge in [0.05, 0.1) is 6.33 Å². The lowest BCUT2D eigenvalue weighted by Crippen LogP contribution is -2.32. The summed E-state index contributed by atoms with van der Waals surface area (Å²) >= 11 is 0. The largest absolute Gasteiger partial charge is 0.458 e. The molecule has 4 nitrogen and oxygen atoms in total. The van der Waals surface area contributed by atoms with Crippen molar-refractivity contribution >= 4 is 5.97 Å². The van der Waals surface area contributed by atoms with Gasteiger partial charge < -0.3 is 9.30 Å². The van der Waals surface area contributed by atoms with Crippen molar-refractivity contribution in [2.75, 3.05) is 0 Å². The lowest BCUT2D eigenvalue weighted by molar-refractivity contribution is -0.159. The molecule has 2 rings (SSSR count). The Labute approximate surface area is 95.6 Å². The Morgan fingerprint density at radius 2 is 2.31 bits per heavy atom. The maximum atomic E-state index is 12.0. The minimum Gasteiger partial charge on any atom is -0.458 e. The monoisotopic (exact) mass is 222 g/mol. The molecule has 0 saturated carbocycles. The second-order valence-electron chi connectivity index (χ2n) is 5.23. The van der Waals surface area contributed by atoms with E-state index in [4.69, 9.17) is 4.74 Å². The van der Waals surface area contributed by atoms with Crippen LogP contribution in [-0.4, -0.2) is 21.1 Å². The van der Waals surface area contributed by atoms with E-state index in [1.165, 1.54) is 0 Å². The highest BCUT2D eigenvalue weighted by Gasteiger charge is 2.29. The van der Waals surface area contributed by atoms with Crippen LogP contribution in [0.4, 0.5) is 0 Å². The predicted molar refractivity (Wildman–Crippen MR) is 60.0 cm³/mol. The van der Waals surface area contributed by atoms with Gasteiger partial charge in [0.15, 0.2) is 0 Å². The van der Waals surface area contributed by atoms with E-state index < -0.39 is 5.60 Å². The molecule has 0 N–H and O–H groups in total. The van der Waals surface area contributed by atoms with Crippen LogP contribution in [0.15, 0.2) is 12.5 Å². The van der Waals surface area contributed by atoms with Crippen LogP contribution in [0.25, 0.3) is 0 Å². The molecule has 1 aliphatic rings. The molecule has 88 valence electrons. The van der Waals surface area contributed by atoms with Gasteiger partial charge in [0.2, 0.25) is 0 Å². The fourth-order valence-corrected chi connectivity index (χ4v) is 2.02. The van der Waals surface area contributed by atoms with Gasteiger partial charge in [-0.1, -0.05) is 0 Å². The summed E-state index contributed by atoms with van der Waals surface area (Å²) in [5.41, 5.74) is 0.706. The van der Waals surface area contributed by atoms with Crippen LogP contribution >= 0.6 is 0 Å². The Kier molecular flexibility index (Phi) is 2.74. The van der Waals surface area contributed by atoms with Gasteiger partial charge in [-0.25, -0.2) is 9.78 Å². The minimum atomic E-state index is -0.421. The number of ether oxygens (including phenoxy) is 1. The first-order valence-electron chi connectivity index (χ1n) is 5.71. The average Bonchev–Trinajstić information content (AvgIpc) is 2.61. The van der Waals surface area contributed by atoms with Crippen molar-refractivity contribution in [1.29, 1.82) is 0 Å². The van der Waals surface area contributed by atoms with Crippen molar-refractivity contribution in [3.8, 4) is 0 Å². The Bertz CT molecular complexity index is 390. The first-order chi connectivity index (χ1) is 7.47. The summed E-state index contributed by atoms with van der Waals surface area (Å²) in [7, 11) is 0. The zero-order valence-corrected chi connectivity index (χ0v) is 10.1. The molecule has 0 spiro atoms. The highest BCUT2D eigenvalue weighted by atomic mass is 16.6. The fourth-order valence-electron chi connectivity index (χ4n) is 2.02. The van der Waals surface area contributed by atoms with E-state index in [2.05, 4.69) is 4.98 Å². The SMILES string of the molecule is CC(C)(C)OC(=O)C1CCCc2cncn21. The maximum Gasteiger partial charge on any atom is 0.329 e. The quantitative estimate of drug-likeness (QED) is 0.683. The molecule has 1 unspecified atom stereocenters. The molecule has 0 fully saturated rings. The molecule has 4 heteroatoms. The number of carbonyl (C=O) groups excluding carboxylic acids is 1. The second-order valence-corrected chi connectivity index (χ2v) is 5.23. The Morgan fingerprint density at radius 3 is 3.00 bits per heavy atom. The molecule has 1 aliphatic heterocycles. The van der Waals surface area contributed by atoms with Gasteiger partial charge in [-0.2, -0.15) is 0 Å². The number of esters is 1. The van der Waals surface area contributed by atoms with Crippen molar-refractivity contribution in [2.24, 2.45) is 0 Å². The molecule has 0 radical (unpaired) electrons. The van der Waals surface area contributed by atoms with Crippen LogP contribution in [0.3, 0.4) is 0 Å². The van der Waals surface area contributed by atoms with E-state index in [0.29, 0.717) is 0 Å². The molecule has 1 aromatic heterocycles. The Balaban J connectivity index is 2.15. The third-order valence-electron chi connectivity index (χ3n) is 2.67. The third-order valence-corrected chi connectivity index (χ3v) is 2.67. The van der Waals surface area contributed by atoms with Gasteiger partial charge in [-0.15, -0.1) is 0 Å². The normalized spacial score (nSPS) is 20.3. The van der Waals surface area contributed by atoms with Gasteiger partial charge in [-0.05, 0) is 40.0 Å². The minimum absolute atomic E-state index is 0.147. The number of carbonyl (C=O) groups is 1. The molecule has 0 saturated heterocycles. The first-order valence-corrected chi connectivity index (χ1v) is 5.71. The van der Waals surface area contributed by atoms with Crippen molar-refractivity contribution in [3.63, 3.8) is 0 Å². The molecule has 0 bridgehead atoms. The smallest absolute Gasteiger partial charge is 0.329 e. The zero-order chi connectivity index (χ0) is 11.8. The summed E-state index contributed by atoms with van der Waals surface area (Å²) in [5, 5.41) is 0. The van der Waals surface area contributed by atoms with E-state index in [1.807, 2.05) is 31.5 Å². The molecule has 0 aliphatic carbocycles. The van der Waals surface area contributed by atoms with Crippen LogP contribution in [0.1, 0.15) is 45.3 Å². The average molecular weight is 222 g/mol. The van der Waals surface area contributed by atoms with Gasteiger partial charge in [0.1, 0.15) is 11.6 Å². The molecule has 1 atom stereocenters. The lowest BCUT2D eigenvalue weighted by atomic mass is 10.0. The molecule has 0 amide bonds. The standard InChI is InChI=1S/C12H18N2O2/c1-12(2,3)16-11(15)10-6-4-5-9-7-13-8-14(9)10/h7-8,10H,4-6H2,1-3H3. The number of hydrogen-bond acceptors (Lipinski definition) is 3. The van der Waals surface area contributed by atoms with Crippen LogP contribution < -0.4 is 0 Å². The fraction of sp³-hybridized carbons (Fsp3) is 0.667. The van der Waals surface area contributed by atoms with Crippen molar-refractivity contribution in [3.05, 3.63) is 18.2 Å². The molecule has 0 aromatic carbocycles. The summed E-state index contributed by atoms with van der Waals surface area (Å²) in [4.78, 5) is 16.1. The van der Waals surface area contributed by atoms with Crippen LogP contribution in [0.2, 0.25) is 0 Å². The van der Waals surface area contributed by atoms with E-state index in [1.54, 1.807) is 6.33 Å². The van der Waals surface area contributed by atoms with E-state index in [9.17, 15) is 4.79 Å². The Morgan fingerprint density at radius 1 is 1.56 bits per heavy atom. The molecule has 1 aromatic rings. The van der Waals surface area contributed by atoms with Crippen LogP contribution in [-0.2, 0) is 16.0 Å². The van der Waals surface area contributed by atoms with E-state index >= 15 is 0 Å². The predicted octanol–water partition coefficient (Wildman–Crippen LogP) is 2.10. The summed E-state index contributed by atoms with van der Waals surface area (Å²) < 4.78 is 7.36. The number of rotatable bonds is 1. The third kappa shape index (κ3) is 2.26. The summed E-state index contributed by atoms with van der Waals surface area (Å²) in [6, 6.07) is -0.189. The summed E-state index contributed by atoms with van der Waals surface area (Å²) in [5.74, 6) is -0.147. The molecular weight excluding hydrogens is 204 g/mol. The van der Waals surface area contributed by atoms with Gasteiger partial charge in [0.25, 0.3) is 0 Å².